The molecule has 0 atom stereocenters. The van der Waals surface area contributed by atoms with E-state index >= 15 is 0 Å². The number of carbonyl (C=O) groups is 1. The van der Waals surface area contributed by atoms with Crippen LogP contribution in [0.3, 0.4) is 0 Å². The molecule has 0 aliphatic heterocycles. The maximum absolute atomic E-state index is 11.5. The van der Waals surface area contributed by atoms with Crippen LogP contribution in [0.5, 0.6) is 0 Å². The quantitative estimate of drug-likeness (QED) is 0.801. The molecule has 94 valence electrons. The van der Waals surface area contributed by atoms with E-state index in [1.165, 1.54) is 5.56 Å². The highest BCUT2D eigenvalue weighted by molar-refractivity contribution is 5.81. The highest BCUT2D eigenvalue weighted by Crippen LogP contribution is 2.21. The van der Waals surface area contributed by atoms with E-state index in [1.807, 2.05) is 30.9 Å². The van der Waals surface area contributed by atoms with E-state index in [0.717, 1.165) is 17.8 Å². The molecule has 0 unspecified atom stereocenters. The SMILES string of the molecule is CCN(CC(=O)NC)c1cc(C)ccc1CN. The molecule has 0 aliphatic carbocycles. The Morgan fingerprint density at radius 3 is 2.71 bits per heavy atom. The van der Waals surface area contributed by atoms with Crippen LogP contribution in [0, 0.1) is 6.92 Å². The maximum Gasteiger partial charge on any atom is 0.239 e. The second-order valence-electron chi connectivity index (χ2n) is 4.02. The number of nitrogens with zero attached hydrogens (tertiary/aromatic N) is 1. The van der Waals surface area contributed by atoms with Crippen LogP contribution in [0.1, 0.15) is 18.1 Å². The Hall–Kier alpha value is -1.55. The molecular formula is C13H21N3O. The topological polar surface area (TPSA) is 58.4 Å². The fourth-order valence-electron chi connectivity index (χ4n) is 1.76. The van der Waals surface area contributed by atoms with Gasteiger partial charge in [-0.05, 0) is 31.0 Å². The molecule has 1 amide bonds. The molecule has 0 spiro atoms. The molecule has 1 rings (SSSR count). The Bertz CT molecular complexity index is 390. The fraction of sp³-hybridized carbons (Fsp3) is 0.462. The van der Waals surface area contributed by atoms with E-state index in [4.69, 9.17) is 5.73 Å². The lowest BCUT2D eigenvalue weighted by Crippen LogP contribution is -2.36. The third-order valence-corrected chi connectivity index (χ3v) is 2.80. The van der Waals surface area contributed by atoms with E-state index in [2.05, 4.69) is 11.4 Å². The molecule has 0 saturated carbocycles. The molecule has 0 aromatic heterocycles. The van der Waals surface area contributed by atoms with Crippen molar-refractivity contribution in [2.45, 2.75) is 20.4 Å². The minimum absolute atomic E-state index is 0.0105. The number of nitrogens with two attached hydrogens (primary N) is 1. The number of hydrogen-bond donors (Lipinski definition) is 2. The van der Waals surface area contributed by atoms with Gasteiger partial charge >= 0.3 is 0 Å². The lowest BCUT2D eigenvalue weighted by atomic mass is 10.1. The minimum atomic E-state index is 0.0105. The molecule has 17 heavy (non-hydrogen) atoms. The van der Waals surface area contributed by atoms with Gasteiger partial charge in [0.2, 0.25) is 5.91 Å². The summed E-state index contributed by atoms with van der Waals surface area (Å²) in [4.78, 5) is 13.5. The first-order chi connectivity index (χ1) is 8.12. The summed E-state index contributed by atoms with van der Waals surface area (Å²) in [5.74, 6) is 0.0105. The smallest absolute Gasteiger partial charge is 0.239 e. The Balaban J connectivity index is 3.01. The molecule has 0 fully saturated rings. The van der Waals surface area contributed by atoms with Crippen molar-refractivity contribution in [2.75, 3.05) is 25.0 Å². The van der Waals surface area contributed by atoms with E-state index in [1.54, 1.807) is 7.05 Å². The number of amides is 1. The van der Waals surface area contributed by atoms with Crippen molar-refractivity contribution in [1.82, 2.24) is 5.32 Å². The molecule has 0 radical (unpaired) electrons. The number of anilines is 1. The number of aryl methyl sites for hydroxylation is 1. The highest BCUT2D eigenvalue weighted by atomic mass is 16.1. The lowest BCUT2D eigenvalue weighted by molar-refractivity contribution is -0.119. The number of benzene rings is 1. The maximum atomic E-state index is 11.5. The molecule has 4 nitrogen and oxygen atoms in total. The Morgan fingerprint density at radius 2 is 2.18 bits per heavy atom. The van der Waals surface area contributed by atoms with Gasteiger partial charge in [-0.25, -0.2) is 0 Å². The zero-order valence-electron chi connectivity index (χ0n) is 10.8. The Morgan fingerprint density at radius 1 is 1.47 bits per heavy atom. The van der Waals surface area contributed by atoms with Gasteiger partial charge < -0.3 is 16.0 Å². The van der Waals surface area contributed by atoms with E-state index in [0.29, 0.717) is 13.1 Å². The first-order valence-electron chi connectivity index (χ1n) is 5.87. The summed E-state index contributed by atoms with van der Waals surface area (Å²) < 4.78 is 0. The molecule has 0 aliphatic rings. The van der Waals surface area contributed by atoms with Gasteiger partial charge in [-0.3, -0.25) is 4.79 Å². The van der Waals surface area contributed by atoms with Crippen molar-refractivity contribution in [3.8, 4) is 0 Å². The second kappa shape index (κ2) is 6.25. The molecular weight excluding hydrogens is 214 g/mol. The van der Waals surface area contributed by atoms with E-state index < -0.39 is 0 Å². The van der Waals surface area contributed by atoms with Crippen molar-refractivity contribution in [3.05, 3.63) is 29.3 Å². The van der Waals surface area contributed by atoms with Crippen LogP contribution in [-0.4, -0.2) is 26.0 Å². The predicted molar refractivity (Wildman–Crippen MR) is 71.0 cm³/mol. The fourth-order valence-corrected chi connectivity index (χ4v) is 1.76. The molecule has 3 N–H and O–H groups in total. The molecule has 0 saturated heterocycles. The summed E-state index contributed by atoms with van der Waals surface area (Å²) in [7, 11) is 1.65. The van der Waals surface area contributed by atoms with Crippen molar-refractivity contribution in [2.24, 2.45) is 5.73 Å². The van der Waals surface area contributed by atoms with Gasteiger partial charge in [0.25, 0.3) is 0 Å². The van der Waals surface area contributed by atoms with Crippen molar-refractivity contribution in [3.63, 3.8) is 0 Å². The highest BCUT2D eigenvalue weighted by Gasteiger charge is 2.12. The molecule has 1 aromatic rings. The van der Waals surface area contributed by atoms with Crippen molar-refractivity contribution < 1.29 is 4.79 Å². The van der Waals surface area contributed by atoms with E-state index in [9.17, 15) is 4.79 Å². The summed E-state index contributed by atoms with van der Waals surface area (Å²) in [6.07, 6.45) is 0. The second-order valence-corrected chi connectivity index (χ2v) is 4.02. The van der Waals surface area contributed by atoms with Crippen LogP contribution >= 0.6 is 0 Å². The van der Waals surface area contributed by atoms with Gasteiger partial charge in [-0.1, -0.05) is 12.1 Å². The molecule has 0 heterocycles. The number of hydrogen-bond acceptors (Lipinski definition) is 3. The standard InChI is InChI=1S/C13H21N3O/c1-4-16(9-13(17)15-3)12-7-10(2)5-6-11(12)8-14/h5-7H,4,8-9,14H2,1-3H3,(H,15,17). The monoisotopic (exact) mass is 235 g/mol. The molecule has 4 heteroatoms. The van der Waals surface area contributed by atoms with Crippen LogP contribution in [0.25, 0.3) is 0 Å². The normalized spacial score (nSPS) is 10.1. The average Bonchev–Trinajstić information content (AvgIpc) is 2.35. The van der Waals surface area contributed by atoms with Gasteiger partial charge in [-0.15, -0.1) is 0 Å². The third-order valence-electron chi connectivity index (χ3n) is 2.80. The van der Waals surface area contributed by atoms with Crippen molar-refractivity contribution >= 4 is 11.6 Å². The largest absolute Gasteiger partial charge is 0.362 e. The third kappa shape index (κ3) is 3.46. The van der Waals surface area contributed by atoms with E-state index in [-0.39, 0.29) is 5.91 Å². The van der Waals surface area contributed by atoms with Crippen LogP contribution in [-0.2, 0) is 11.3 Å². The lowest BCUT2D eigenvalue weighted by Gasteiger charge is -2.25. The zero-order valence-corrected chi connectivity index (χ0v) is 10.8. The van der Waals surface area contributed by atoms with Gasteiger partial charge in [-0.2, -0.15) is 0 Å². The number of rotatable bonds is 5. The molecule has 1 aromatic carbocycles. The number of carbonyl (C=O) groups excluding carboxylic acids is 1. The summed E-state index contributed by atoms with van der Waals surface area (Å²) in [5.41, 5.74) is 9.03. The summed E-state index contributed by atoms with van der Waals surface area (Å²) >= 11 is 0. The number of nitrogens with one attached hydrogen (secondary N) is 1. The van der Waals surface area contributed by atoms with Crippen LogP contribution in [0.4, 0.5) is 5.69 Å². The van der Waals surface area contributed by atoms with Crippen LogP contribution in [0.2, 0.25) is 0 Å². The first-order valence-corrected chi connectivity index (χ1v) is 5.87. The van der Waals surface area contributed by atoms with Crippen LogP contribution < -0.4 is 16.0 Å². The zero-order chi connectivity index (χ0) is 12.8. The molecule has 0 bridgehead atoms. The van der Waals surface area contributed by atoms with Crippen molar-refractivity contribution in [1.29, 1.82) is 0 Å². The first kappa shape index (κ1) is 13.5. The van der Waals surface area contributed by atoms with Gasteiger partial charge in [0.1, 0.15) is 0 Å². The summed E-state index contributed by atoms with van der Waals surface area (Å²) in [5, 5.41) is 2.64. The Labute approximate surface area is 103 Å². The van der Waals surface area contributed by atoms with Gasteiger partial charge in [0, 0.05) is 25.8 Å². The van der Waals surface area contributed by atoms with Gasteiger partial charge in [0.05, 0.1) is 6.54 Å². The summed E-state index contributed by atoms with van der Waals surface area (Å²) in [6.45, 7) is 5.70. The average molecular weight is 235 g/mol. The Kier molecular flexibility index (Phi) is 4.97. The predicted octanol–water partition coefficient (Wildman–Crippen LogP) is 1.03. The number of likely N-dealkylation sites (N-methyl/N-ethyl adjacent to an activating group) is 2. The summed E-state index contributed by atoms with van der Waals surface area (Å²) in [6, 6.07) is 6.14. The van der Waals surface area contributed by atoms with Crippen LogP contribution in [0.15, 0.2) is 18.2 Å². The minimum Gasteiger partial charge on any atom is -0.362 e. The van der Waals surface area contributed by atoms with Gasteiger partial charge in [0.15, 0.2) is 0 Å².